The van der Waals surface area contributed by atoms with Crippen LogP contribution in [0.3, 0.4) is 0 Å². The van der Waals surface area contributed by atoms with Crippen LogP contribution in [0.2, 0.25) is 0 Å². The number of aromatic nitrogens is 1. The Hall–Kier alpha value is -1.61. The van der Waals surface area contributed by atoms with Crippen molar-refractivity contribution in [2.75, 3.05) is 24.5 Å². The summed E-state index contributed by atoms with van der Waals surface area (Å²) in [6.07, 6.45) is 4.37. The fourth-order valence-electron chi connectivity index (χ4n) is 2.81. The predicted octanol–water partition coefficient (Wildman–Crippen LogP) is 2.41. The highest BCUT2D eigenvalue weighted by Gasteiger charge is 2.20. The number of fused-ring (bicyclic) bond motifs is 1. The van der Waals surface area contributed by atoms with Gasteiger partial charge in [0.1, 0.15) is 5.82 Å². The first-order chi connectivity index (χ1) is 8.88. The lowest BCUT2D eigenvalue weighted by Crippen LogP contribution is -2.38. The van der Waals surface area contributed by atoms with Crippen LogP contribution in [-0.4, -0.2) is 24.6 Å². The van der Waals surface area contributed by atoms with Crippen molar-refractivity contribution < 1.29 is 0 Å². The van der Waals surface area contributed by atoms with Gasteiger partial charge in [-0.15, -0.1) is 0 Å². The minimum Gasteiger partial charge on any atom is -0.356 e. The third kappa shape index (κ3) is 2.06. The van der Waals surface area contributed by atoms with E-state index >= 15 is 0 Å². The molecule has 2 N–H and O–H groups in total. The molecule has 0 bridgehead atoms. The molecule has 1 aliphatic rings. The fraction of sp³-hybridized carbons (Fsp3) is 0.400. The van der Waals surface area contributed by atoms with Crippen molar-refractivity contribution in [2.24, 2.45) is 11.7 Å². The van der Waals surface area contributed by atoms with E-state index in [2.05, 4.69) is 40.2 Å². The maximum atomic E-state index is 5.81. The van der Waals surface area contributed by atoms with E-state index in [1.807, 2.05) is 6.20 Å². The minimum atomic E-state index is 0.611. The van der Waals surface area contributed by atoms with Gasteiger partial charge >= 0.3 is 0 Å². The second kappa shape index (κ2) is 4.94. The molecule has 1 aliphatic heterocycles. The molecule has 0 spiro atoms. The Balaban J connectivity index is 1.98. The van der Waals surface area contributed by atoms with E-state index in [0.717, 1.165) is 25.5 Å². The lowest BCUT2D eigenvalue weighted by Gasteiger charge is -2.33. The number of hydrogen-bond donors (Lipinski definition) is 1. The third-order valence-electron chi connectivity index (χ3n) is 3.80. The number of piperidine rings is 1. The van der Waals surface area contributed by atoms with Crippen LogP contribution in [0.5, 0.6) is 0 Å². The first-order valence-electron chi connectivity index (χ1n) is 6.67. The smallest absolute Gasteiger partial charge is 0.136 e. The Labute approximate surface area is 108 Å². The van der Waals surface area contributed by atoms with Crippen molar-refractivity contribution in [3.8, 4) is 0 Å². The normalized spacial score (nSPS) is 20.3. The minimum absolute atomic E-state index is 0.611. The van der Waals surface area contributed by atoms with Gasteiger partial charge in [0.25, 0.3) is 0 Å². The number of pyridine rings is 1. The Morgan fingerprint density at radius 2 is 2.17 bits per heavy atom. The van der Waals surface area contributed by atoms with E-state index in [1.165, 1.54) is 23.6 Å². The van der Waals surface area contributed by atoms with Crippen molar-refractivity contribution in [1.29, 1.82) is 0 Å². The summed E-state index contributed by atoms with van der Waals surface area (Å²) < 4.78 is 0. The standard InChI is InChI=1S/C15H19N3/c16-10-12-4-3-9-18(11-12)15-14-6-2-1-5-13(14)7-8-17-15/h1-2,5-8,12H,3-4,9-11,16H2. The molecule has 3 heteroatoms. The molecular formula is C15H19N3. The molecule has 18 heavy (non-hydrogen) atoms. The Morgan fingerprint density at radius 1 is 1.28 bits per heavy atom. The van der Waals surface area contributed by atoms with E-state index in [-0.39, 0.29) is 0 Å². The van der Waals surface area contributed by atoms with Gasteiger partial charge in [-0.25, -0.2) is 4.98 Å². The molecule has 1 saturated heterocycles. The molecule has 1 atom stereocenters. The monoisotopic (exact) mass is 241 g/mol. The summed E-state index contributed by atoms with van der Waals surface area (Å²) in [6, 6.07) is 10.5. The number of rotatable bonds is 2. The number of nitrogens with zero attached hydrogens (tertiary/aromatic N) is 2. The highest BCUT2D eigenvalue weighted by Crippen LogP contribution is 2.27. The molecule has 3 rings (SSSR count). The maximum absolute atomic E-state index is 5.81. The zero-order valence-corrected chi connectivity index (χ0v) is 10.5. The quantitative estimate of drug-likeness (QED) is 0.878. The maximum Gasteiger partial charge on any atom is 0.136 e. The largest absolute Gasteiger partial charge is 0.356 e. The molecule has 2 aromatic rings. The predicted molar refractivity (Wildman–Crippen MR) is 75.7 cm³/mol. The van der Waals surface area contributed by atoms with Gasteiger partial charge in [-0.3, -0.25) is 0 Å². The van der Waals surface area contributed by atoms with Crippen molar-refractivity contribution in [1.82, 2.24) is 4.98 Å². The summed E-state index contributed by atoms with van der Waals surface area (Å²) in [4.78, 5) is 6.98. The lowest BCUT2D eigenvalue weighted by atomic mass is 9.98. The van der Waals surface area contributed by atoms with E-state index < -0.39 is 0 Å². The summed E-state index contributed by atoms with van der Waals surface area (Å²) in [5, 5.41) is 2.51. The van der Waals surface area contributed by atoms with E-state index in [9.17, 15) is 0 Å². The second-order valence-corrected chi connectivity index (χ2v) is 5.05. The molecule has 0 amide bonds. The molecule has 1 aromatic carbocycles. The Bertz CT molecular complexity index is 533. The SMILES string of the molecule is NCC1CCCN(c2nccc3ccccc23)C1. The molecule has 1 aromatic heterocycles. The van der Waals surface area contributed by atoms with Crippen LogP contribution in [-0.2, 0) is 0 Å². The van der Waals surface area contributed by atoms with Crippen molar-refractivity contribution in [3.05, 3.63) is 36.5 Å². The Kier molecular flexibility index (Phi) is 3.15. The van der Waals surface area contributed by atoms with Crippen molar-refractivity contribution in [2.45, 2.75) is 12.8 Å². The second-order valence-electron chi connectivity index (χ2n) is 5.05. The van der Waals surface area contributed by atoms with Gasteiger partial charge in [0.2, 0.25) is 0 Å². The van der Waals surface area contributed by atoms with Crippen LogP contribution < -0.4 is 10.6 Å². The molecule has 1 fully saturated rings. The third-order valence-corrected chi connectivity index (χ3v) is 3.80. The van der Waals surface area contributed by atoms with Crippen LogP contribution in [0.25, 0.3) is 10.8 Å². The number of benzene rings is 1. The molecule has 2 heterocycles. The molecule has 94 valence electrons. The first-order valence-corrected chi connectivity index (χ1v) is 6.67. The van der Waals surface area contributed by atoms with Gasteiger partial charge in [0.05, 0.1) is 0 Å². The summed E-state index contributed by atoms with van der Waals surface area (Å²) in [7, 11) is 0. The summed E-state index contributed by atoms with van der Waals surface area (Å²) in [6.45, 7) is 2.91. The summed E-state index contributed by atoms with van der Waals surface area (Å²) in [5.74, 6) is 1.73. The zero-order valence-electron chi connectivity index (χ0n) is 10.5. The molecule has 0 saturated carbocycles. The molecule has 0 aliphatic carbocycles. The van der Waals surface area contributed by atoms with Gasteiger partial charge in [-0.2, -0.15) is 0 Å². The molecular weight excluding hydrogens is 222 g/mol. The summed E-state index contributed by atoms with van der Waals surface area (Å²) >= 11 is 0. The average Bonchev–Trinajstić information content (AvgIpc) is 2.47. The molecule has 3 nitrogen and oxygen atoms in total. The number of anilines is 1. The van der Waals surface area contributed by atoms with Crippen molar-refractivity contribution >= 4 is 16.6 Å². The average molecular weight is 241 g/mol. The lowest BCUT2D eigenvalue weighted by molar-refractivity contribution is 0.422. The van der Waals surface area contributed by atoms with E-state index in [1.54, 1.807) is 0 Å². The van der Waals surface area contributed by atoms with Crippen LogP contribution >= 0.6 is 0 Å². The molecule has 0 radical (unpaired) electrons. The van der Waals surface area contributed by atoms with E-state index in [4.69, 9.17) is 5.73 Å². The zero-order chi connectivity index (χ0) is 12.4. The summed E-state index contributed by atoms with van der Waals surface area (Å²) in [5.41, 5.74) is 5.81. The van der Waals surface area contributed by atoms with Crippen molar-refractivity contribution in [3.63, 3.8) is 0 Å². The van der Waals surface area contributed by atoms with Crippen LogP contribution in [0.15, 0.2) is 36.5 Å². The fourth-order valence-corrected chi connectivity index (χ4v) is 2.81. The van der Waals surface area contributed by atoms with Crippen LogP contribution in [0.1, 0.15) is 12.8 Å². The highest BCUT2D eigenvalue weighted by molar-refractivity contribution is 5.92. The van der Waals surface area contributed by atoms with Gasteiger partial charge in [-0.1, -0.05) is 24.3 Å². The van der Waals surface area contributed by atoms with Gasteiger partial charge in [0.15, 0.2) is 0 Å². The van der Waals surface area contributed by atoms with Gasteiger partial charge < -0.3 is 10.6 Å². The van der Waals surface area contributed by atoms with Crippen LogP contribution in [0, 0.1) is 5.92 Å². The molecule has 1 unspecified atom stereocenters. The van der Waals surface area contributed by atoms with E-state index in [0.29, 0.717) is 5.92 Å². The van der Waals surface area contributed by atoms with Gasteiger partial charge in [-0.05, 0) is 36.8 Å². The Morgan fingerprint density at radius 3 is 3.06 bits per heavy atom. The van der Waals surface area contributed by atoms with Gasteiger partial charge in [0, 0.05) is 24.7 Å². The topological polar surface area (TPSA) is 42.1 Å². The number of nitrogens with two attached hydrogens (primary N) is 1. The number of hydrogen-bond acceptors (Lipinski definition) is 3. The van der Waals surface area contributed by atoms with Crippen LogP contribution in [0.4, 0.5) is 5.82 Å². The first kappa shape index (κ1) is 11.5. The highest BCUT2D eigenvalue weighted by atomic mass is 15.2.